The summed E-state index contributed by atoms with van der Waals surface area (Å²) in [4.78, 5) is 0. The summed E-state index contributed by atoms with van der Waals surface area (Å²) >= 11 is 0. The van der Waals surface area contributed by atoms with Gasteiger partial charge in [-0.2, -0.15) is 8.78 Å². The molecule has 0 aromatic rings. The van der Waals surface area contributed by atoms with E-state index in [4.69, 9.17) is 5.73 Å². The first-order chi connectivity index (χ1) is 4.22. The van der Waals surface area contributed by atoms with E-state index in [0.29, 0.717) is 6.42 Å². The maximum atomic E-state index is 11.7. The van der Waals surface area contributed by atoms with Gasteiger partial charge in [0.2, 0.25) is 0 Å². The highest BCUT2D eigenvalue weighted by Gasteiger charge is 2.15. The zero-order chi connectivity index (χ0) is 6.85. The molecule has 1 nitrogen and oxygen atoms in total. The Morgan fingerprint density at radius 2 is 2.20 bits per heavy atom. The van der Waals surface area contributed by atoms with Crippen molar-refractivity contribution < 1.29 is 8.78 Å². The average Bonchev–Trinajstić information content (AvgIpc) is 2.13. The van der Waals surface area contributed by atoms with E-state index in [9.17, 15) is 8.78 Å². The van der Waals surface area contributed by atoms with Gasteiger partial charge in [0.15, 0.2) is 0 Å². The molecule has 1 aliphatic carbocycles. The third kappa shape index (κ3) is 1.78. The molecule has 1 rings (SSSR count). The van der Waals surface area contributed by atoms with Crippen LogP contribution in [-0.4, -0.2) is 6.04 Å². The molecule has 0 aromatic carbocycles. The maximum Gasteiger partial charge on any atom is 0.271 e. The molecule has 2 N–H and O–H groups in total. The average molecular weight is 168 g/mol. The summed E-state index contributed by atoms with van der Waals surface area (Å²) in [6.45, 7) is 0. The standard InChI is InChI=1S/C6H7F2N.ClH/c7-6(8)4-2-1-3-5(4)9;/h1,3,5H,2,9H2;1H. The number of halogens is 3. The van der Waals surface area contributed by atoms with E-state index in [1.54, 1.807) is 12.2 Å². The van der Waals surface area contributed by atoms with Crippen LogP contribution in [0, 0.1) is 0 Å². The first kappa shape index (κ1) is 9.59. The van der Waals surface area contributed by atoms with Crippen LogP contribution in [0.3, 0.4) is 0 Å². The van der Waals surface area contributed by atoms with Gasteiger partial charge in [-0.1, -0.05) is 12.2 Å². The van der Waals surface area contributed by atoms with E-state index in [0.717, 1.165) is 0 Å². The Labute approximate surface area is 64.0 Å². The predicted octanol–water partition coefficient (Wildman–Crippen LogP) is 1.85. The molecule has 1 atom stereocenters. The lowest BCUT2D eigenvalue weighted by Crippen LogP contribution is -2.16. The third-order valence-corrected chi connectivity index (χ3v) is 1.33. The van der Waals surface area contributed by atoms with Crippen molar-refractivity contribution in [1.29, 1.82) is 0 Å². The monoisotopic (exact) mass is 167 g/mol. The van der Waals surface area contributed by atoms with Crippen molar-refractivity contribution in [2.45, 2.75) is 12.5 Å². The lowest BCUT2D eigenvalue weighted by molar-refractivity contribution is 0.406. The van der Waals surface area contributed by atoms with Gasteiger partial charge in [-0.3, -0.25) is 0 Å². The van der Waals surface area contributed by atoms with Crippen LogP contribution in [0.1, 0.15) is 6.42 Å². The number of nitrogens with two attached hydrogens (primary N) is 1. The molecule has 1 aliphatic rings. The van der Waals surface area contributed by atoms with Gasteiger partial charge in [-0.05, 0) is 6.42 Å². The van der Waals surface area contributed by atoms with Crippen LogP contribution in [-0.2, 0) is 0 Å². The fourth-order valence-electron chi connectivity index (χ4n) is 0.797. The Kier molecular flexibility index (Phi) is 3.53. The molecule has 0 spiro atoms. The van der Waals surface area contributed by atoms with Gasteiger partial charge in [0, 0.05) is 11.6 Å². The van der Waals surface area contributed by atoms with E-state index < -0.39 is 12.1 Å². The Morgan fingerprint density at radius 3 is 2.40 bits per heavy atom. The summed E-state index contributed by atoms with van der Waals surface area (Å²) in [5, 5.41) is 0. The maximum absolute atomic E-state index is 11.7. The second kappa shape index (κ2) is 3.68. The van der Waals surface area contributed by atoms with Crippen LogP contribution >= 0.6 is 12.4 Å². The fraction of sp³-hybridized carbons (Fsp3) is 0.333. The number of allylic oxidation sites excluding steroid dienone is 1. The summed E-state index contributed by atoms with van der Waals surface area (Å²) < 4.78 is 23.5. The van der Waals surface area contributed by atoms with Crippen LogP contribution in [0.15, 0.2) is 23.8 Å². The zero-order valence-corrected chi connectivity index (χ0v) is 6.00. The summed E-state index contributed by atoms with van der Waals surface area (Å²) in [5.74, 6) is 0. The minimum absolute atomic E-state index is 0. The minimum Gasteiger partial charge on any atom is -0.321 e. The topological polar surface area (TPSA) is 26.0 Å². The molecule has 0 aliphatic heterocycles. The Bertz CT molecular complexity index is 173. The Balaban J connectivity index is 0.000000810. The van der Waals surface area contributed by atoms with Crippen LogP contribution in [0.4, 0.5) is 8.78 Å². The smallest absolute Gasteiger partial charge is 0.271 e. The fourth-order valence-corrected chi connectivity index (χ4v) is 0.797. The molecule has 0 radical (unpaired) electrons. The minimum atomic E-state index is -1.63. The molecule has 0 saturated carbocycles. The first-order valence-corrected chi connectivity index (χ1v) is 2.68. The van der Waals surface area contributed by atoms with E-state index in [1.807, 2.05) is 0 Å². The van der Waals surface area contributed by atoms with Crippen molar-refractivity contribution in [1.82, 2.24) is 0 Å². The molecule has 0 fully saturated rings. The molecule has 0 amide bonds. The Hall–Kier alpha value is -0.410. The summed E-state index contributed by atoms with van der Waals surface area (Å²) in [6.07, 6.45) is 1.91. The van der Waals surface area contributed by atoms with Crippen LogP contribution in [0.5, 0.6) is 0 Å². The van der Waals surface area contributed by atoms with Gasteiger partial charge < -0.3 is 5.73 Å². The third-order valence-electron chi connectivity index (χ3n) is 1.33. The van der Waals surface area contributed by atoms with Gasteiger partial charge in [-0.25, -0.2) is 0 Å². The predicted molar refractivity (Wildman–Crippen MR) is 38.2 cm³/mol. The van der Waals surface area contributed by atoms with Gasteiger partial charge in [0.1, 0.15) is 0 Å². The number of hydrogen-bond donors (Lipinski definition) is 1. The second-order valence-electron chi connectivity index (χ2n) is 1.94. The SMILES string of the molecule is Cl.NC1C=CCC1=C(F)F. The lowest BCUT2D eigenvalue weighted by atomic mass is 10.2. The van der Waals surface area contributed by atoms with Gasteiger partial charge in [0.25, 0.3) is 6.08 Å². The highest BCUT2D eigenvalue weighted by molar-refractivity contribution is 5.85. The van der Waals surface area contributed by atoms with Crippen molar-refractivity contribution in [2.24, 2.45) is 5.73 Å². The molecular weight excluding hydrogens is 160 g/mol. The summed E-state index contributed by atoms with van der Waals surface area (Å²) in [5.41, 5.74) is 5.31. The highest BCUT2D eigenvalue weighted by Crippen LogP contribution is 2.21. The normalized spacial score (nSPS) is 22.7. The lowest BCUT2D eigenvalue weighted by Gasteiger charge is -2.00. The summed E-state index contributed by atoms with van der Waals surface area (Å²) in [6, 6.07) is -0.546. The molecule has 0 heterocycles. The zero-order valence-electron chi connectivity index (χ0n) is 5.18. The molecular formula is C6H8ClF2N. The molecule has 1 unspecified atom stereocenters. The van der Waals surface area contributed by atoms with E-state index in [1.165, 1.54) is 0 Å². The second-order valence-corrected chi connectivity index (χ2v) is 1.94. The molecule has 4 heteroatoms. The molecule has 0 saturated heterocycles. The van der Waals surface area contributed by atoms with Crippen molar-refractivity contribution >= 4 is 12.4 Å². The van der Waals surface area contributed by atoms with E-state index >= 15 is 0 Å². The first-order valence-electron chi connectivity index (χ1n) is 2.68. The van der Waals surface area contributed by atoms with Crippen molar-refractivity contribution in [3.8, 4) is 0 Å². The summed E-state index contributed by atoms with van der Waals surface area (Å²) in [7, 11) is 0. The number of hydrogen-bond acceptors (Lipinski definition) is 1. The van der Waals surface area contributed by atoms with Gasteiger partial charge in [0.05, 0.1) is 0 Å². The molecule has 10 heavy (non-hydrogen) atoms. The van der Waals surface area contributed by atoms with Crippen molar-refractivity contribution in [3.05, 3.63) is 23.8 Å². The van der Waals surface area contributed by atoms with Gasteiger partial charge >= 0.3 is 0 Å². The quantitative estimate of drug-likeness (QED) is 0.548. The largest absolute Gasteiger partial charge is 0.321 e. The Morgan fingerprint density at radius 1 is 1.60 bits per heavy atom. The van der Waals surface area contributed by atoms with E-state index in [-0.39, 0.29) is 18.0 Å². The van der Waals surface area contributed by atoms with Crippen LogP contribution < -0.4 is 5.73 Å². The molecule has 58 valence electrons. The highest BCUT2D eigenvalue weighted by atomic mass is 35.5. The van der Waals surface area contributed by atoms with Crippen molar-refractivity contribution in [3.63, 3.8) is 0 Å². The van der Waals surface area contributed by atoms with E-state index in [2.05, 4.69) is 0 Å². The van der Waals surface area contributed by atoms with Crippen molar-refractivity contribution in [2.75, 3.05) is 0 Å². The molecule has 0 aromatic heterocycles. The van der Waals surface area contributed by atoms with Crippen LogP contribution in [0.25, 0.3) is 0 Å². The number of rotatable bonds is 0. The molecule has 0 bridgehead atoms. The van der Waals surface area contributed by atoms with Gasteiger partial charge in [-0.15, -0.1) is 12.4 Å². The van der Waals surface area contributed by atoms with Crippen LogP contribution in [0.2, 0.25) is 0 Å².